The van der Waals surface area contributed by atoms with E-state index in [1.54, 1.807) is 6.92 Å². The van der Waals surface area contributed by atoms with Gasteiger partial charge in [-0.05, 0) is 19.1 Å². The minimum Gasteiger partial charge on any atom is -0.467 e. The van der Waals surface area contributed by atoms with Gasteiger partial charge in [-0.3, -0.25) is 4.79 Å². The normalized spacial score (nSPS) is 11.7. The molecule has 0 spiro atoms. The zero-order chi connectivity index (χ0) is 13.5. The Hall–Kier alpha value is -1.69. The van der Waals surface area contributed by atoms with Gasteiger partial charge in [-0.15, -0.1) is 11.8 Å². The number of methoxy groups -OCH3 is 1. The van der Waals surface area contributed by atoms with Crippen LogP contribution in [-0.4, -0.2) is 30.8 Å². The van der Waals surface area contributed by atoms with Gasteiger partial charge in [0.25, 0.3) is 0 Å². The van der Waals surface area contributed by atoms with Gasteiger partial charge < -0.3 is 15.8 Å². The van der Waals surface area contributed by atoms with Crippen molar-refractivity contribution in [2.75, 3.05) is 18.2 Å². The van der Waals surface area contributed by atoms with E-state index in [9.17, 15) is 9.59 Å². The number of primary amides is 1. The molecule has 0 saturated carbocycles. The van der Waals surface area contributed by atoms with E-state index in [4.69, 9.17) is 5.73 Å². The third-order valence-electron chi connectivity index (χ3n) is 2.18. The quantitative estimate of drug-likeness (QED) is 0.599. The van der Waals surface area contributed by atoms with Gasteiger partial charge in [0.2, 0.25) is 5.91 Å². The summed E-state index contributed by atoms with van der Waals surface area (Å²) in [4.78, 5) is 23.0. The largest absolute Gasteiger partial charge is 0.467 e. The first-order chi connectivity index (χ1) is 8.54. The molecule has 0 aromatic heterocycles. The summed E-state index contributed by atoms with van der Waals surface area (Å²) in [6.45, 7) is 1.71. The molecule has 6 heteroatoms. The number of amides is 1. The number of carbonyl (C=O) groups excluding carboxylic acids is 2. The predicted molar refractivity (Wildman–Crippen MR) is 71.5 cm³/mol. The minimum atomic E-state index is -0.453. The molecule has 0 radical (unpaired) electrons. The lowest BCUT2D eigenvalue weighted by Crippen LogP contribution is -2.27. The number of hydrogen-bond donors (Lipinski definition) is 2. The van der Waals surface area contributed by atoms with E-state index in [-0.39, 0.29) is 17.6 Å². The van der Waals surface area contributed by atoms with Crippen LogP contribution in [0.25, 0.3) is 0 Å². The summed E-state index contributed by atoms with van der Waals surface area (Å²) in [7, 11) is 1.34. The molecule has 0 aliphatic carbocycles. The molecule has 0 aliphatic rings. The first-order valence-electron chi connectivity index (χ1n) is 5.39. The fourth-order valence-electron chi connectivity index (χ4n) is 1.33. The average Bonchev–Trinajstić information content (AvgIpc) is 2.36. The Morgan fingerprint density at radius 2 is 2.11 bits per heavy atom. The summed E-state index contributed by atoms with van der Waals surface area (Å²) < 4.78 is 4.64. The van der Waals surface area contributed by atoms with Gasteiger partial charge in [-0.2, -0.15) is 0 Å². The maximum absolute atomic E-state index is 11.3. The van der Waals surface area contributed by atoms with E-state index in [0.29, 0.717) is 0 Å². The molecule has 1 aromatic rings. The highest BCUT2D eigenvalue weighted by atomic mass is 32.2. The molecule has 0 aliphatic heterocycles. The van der Waals surface area contributed by atoms with Crippen LogP contribution < -0.4 is 11.1 Å². The van der Waals surface area contributed by atoms with Crippen molar-refractivity contribution in [3.63, 3.8) is 0 Å². The van der Waals surface area contributed by atoms with Gasteiger partial charge in [0.05, 0.1) is 12.9 Å². The van der Waals surface area contributed by atoms with Crippen LogP contribution in [0.1, 0.15) is 6.92 Å². The van der Waals surface area contributed by atoms with E-state index >= 15 is 0 Å². The number of carbonyl (C=O) groups is 2. The summed E-state index contributed by atoms with van der Waals surface area (Å²) in [5.74, 6) is -0.522. The number of nitrogens with one attached hydrogen (secondary N) is 1. The molecule has 0 fully saturated rings. The van der Waals surface area contributed by atoms with E-state index in [1.807, 2.05) is 24.3 Å². The van der Waals surface area contributed by atoms with Crippen molar-refractivity contribution in [3.05, 3.63) is 24.3 Å². The summed E-state index contributed by atoms with van der Waals surface area (Å²) in [6.07, 6.45) is 0. The highest BCUT2D eigenvalue weighted by Crippen LogP contribution is 2.27. The lowest BCUT2D eigenvalue weighted by Gasteiger charge is -2.15. The third-order valence-corrected chi connectivity index (χ3v) is 3.28. The summed E-state index contributed by atoms with van der Waals surface area (Å²) in [5, 5.41) is 3.04. The SMILES string of the molecule is COC(=O)[C@@H](C)Nc1ccccc1SCC(N)=O. The fraction of sp³-hybridized carbons (Fsp3) is 0.333. The molecule has 18 heavy (non-hydrogen) atoms. The van der Waals surface area contributed by atoms with Crippen LogP contribution in [0, 0.1) is 0 Å². The minimum absolute atomic E-state index is 0.200. The topological polar surface area (TPSA) is 81.4 Å². The zero-order valence-electron chi connectivity index (χ0n) is 10.3. The molecule has 1 atom stereocenters. The number of thioether (sulfide) groups is 1. The van der Waals surface area contributed by atoms with Crippen LogP contribution in [0.2, 0.25) is 0 Å². The van der Waals surface area contributed by atoms with Crippen molar-refractivity contribution in [1.29, 1.82) is 0 Å². The van der Waals surface area contributed by atoms with Gasteiger partial charge in [-0.25, -0.2) is 4.79 Å². The Morgan fingerprint density at radius 3 is 2.72 bits per heavy atom. The first kappa shape index (κ1) is 14.4. The van der Waals surface area contributed by atoms with Gasteiger partial charge in [0, 0.05) is 10.6 Å². The number of rotatable bonds is 6. The average molecular weight is 268 g/mol. The second kappa shape index (κ2) is 6.90. The highest BCUT2D eigenvalue weighted by molar-refractivity contribution is 8.00. The Bertz CT molecular complexity index is 437. The van der Waals surface area contributed by atoms with Crippen molar-refractivity contribution in [3.8, 4) is 0 Å². The van der Waals surface area contributed by atoms with Crippen LogP contribution in [0.3, 0.4) is 0 Å². The van der Waals surface area contributed by atoms with Crippen LogP contribution in [0.4, 0.5) is 5.69 Å². The Kier molecular flexibility index (Phi) is 5.51. The van der Waals surface area contributed by atoms with Crippen LogP contribution in [0.15, 0.2) is 29.2 Å². The molecule has 3 N–H and O–H groups in total. The molecule has 1 rings (SSSR count). The molecule has 0 bridgehead atoms. The lowest BCUT2D eigenvalue weighted by atomic mass is 10.2. The maximum atomic E-state index is 11.3. The third kappa shape index (κ3) is 4.29. The van der Waals surface area contributed by atoms with E-state index in [1.165, 1.54) is 18.9 Å². The fourth-order valence-corrected chi connectivity index (χ4v) is 2.08. The number of para-hydroxylation sites is 1. The van der Waals surface area contributed by atoms with Crippen LogP contribution >= 0.6 is 11.8 Å². The van der Waals surface area contributed by atoms with Crippen molar-refractivity contribution in [2.24, 2.45) is 5.73 Å². The van der Waals surface area contributed by atoms with Gasteiger partial charge in [0.1, 0.15) is 6.04 Å². The predicted octanol–water partition coefficient (Wildman–Crippen LogP) is 1.24. The molecule has 5 nitrogen and oxygen atoms in total. The zero-order valence-corrected chi connectivity index (χ0v) is 11.1. The molecular weight excluding hydrogens is 252 g/mol. The lowest BCUT2D eigenvalue weighted by molar-refractivity contribution is -0.141. The molecule has 0 unspecified atom stereocenters. The van der Waals surface area contributed by atoms with Gasteiger partial charge >= 0.3 is 5.97 Å². The Morgan fingerprint density at radius 1 is 1.44 bits per heavy atom. The second-order valence-electron chi connectivity index (χ2n) is 3.64. The van der Waals surface area contributed by atoms with Crippen molar-refractivity contribution >= 4 is 29.3 Å². The van der Waals surface area contributed by atoms with E-state index < -0.39 is 6.04 Å². The number of anilines is 1. The molecule has 0 heterocycles. The van der Waals surface area contributed by atoms with E-state index in [2.05, 4.69) is 10.1 Å². The van der Waals surface area contributed by atoms with E-state index in [0.717, 1.165) is 10.6 Å². The summed E-state index contributed by atoms with van der Waals surface area (Å²) in [5.41, 5.74) is 5.89. The molecule has 1 amide bonds. The molecule has 1 aromatic carbocycles. The number of nitrogens with two attached hydrogens (primary N) is 1. The number of benzene rings is 1. The maximum Gasteiger partial charge on any atom is 0.327 e. The van der Waals surface area contributed by atoms with Crippen molar-refractivity contribution in [1.82, 2.24) is 0 Å². The van der Waals surface area contributed by atoms with Crippen molar-refractivity contribution in [2.45, 2.75) is 17.9 Å². The monoisotopic (exact) mass is 268 g/mol. The second-order valence-corrected chi connectivity index (χ2v) is 4.66. The van der Waals surface area contributed by atoms with Crippen LogP contribution in [-0.2, 0) is 14.3 Å². The molecular formula is C12H16N2O3S. The number of hydrogen-bond acceptors (Lipinski definition) is 5. The van der Waals surface area contributed by atoms with Crippen LogP contribution in [0.5, 0.6) is 0 Å². The number of esters is 1. The highest BCUT2D eigenvalue weighted by Gasteiger charge is 2.14. The summed E-state index contributed by atoms with van der Waals surface area (Å²) in [6, 6.07) is 6.95. The van der Waals surface area contributed by atoms with Gasteiger partial charge in [-0.1, -0.05) is 12.1 Å². The Balaban J connectivity index is 2.75. The number of ether oxygens (including phenoxy) is 1. The van der Waals surface area contributed by atoms with Crippen molar-refractivity contribution < 1.29 is 14.3 Å². The first-order valence-corrected chi connectivity index (χ1v) is 6.37. The Labute approximate surface area is 110 Å². The molecule has 0 saturated heterocycles. The smallest absolute Gasteiger partial charge is 0.327 e. The standard InChI is InChI=1S/C12H16N2O3S/c1-8(12(16)17-2)14-9-5-3-4-6-10(9)18-7-11(13)15/h3-6,8,14H,7H2,1-2H3,(H2,13,15)/t8-/m1/s1. The summed E-state index contributed by atoms with van der Waals surface area (Å²) >= 11 is 1.33. The molecule has 98 valence electrons. The van der Waals surface area contributed by atoms with Gasteiger partial charge in [0.15, 0.2) is 0 Å².